The molecule has 0 saturated carbocycles. The molecule has 1 saturated heterocycles. The third kappa shape index (κ3) is 3.69. The van der Waals surface area contributed by atoms with E-state index >= 15 is 0 Å². The molecule has 0 spiro atoms. The van der Waals surface area contributed by atoms with E-state index in [1.165, 1.54) is 36.4 Å². The smallest absolute Gasteiger partial charge is 0.335 e. The van der Waals surface area contributed by atoms with Gasteiger partial charge < -0.3 is 5.11 Å². The summed E-state index contributed by atoms with van der Waals surface area (Å²) >= 11 is 0. The molecule has 4 rings (SSSR count). The van der Waals surface area contributed by atoms with Gasteiger partial charge in [0.1, 0.15) is 11.9 Å². The predicted molar refractivity (Wildman–Crippen MR) is 114 cm³/mol. The van der Waals surface area contributed by atoms with E-state index in [4.69, 9.17) is 0 Å². The summed E-state index contributed by atoms with van der Waals surface area (Å²) in [7, 11) is 0. The number of amides is 1. The number of Topliss-reactive ketones (excluding diaryl/α,β-unsaturated/α-hetero) is 2. The minimum Gasteiger partial charge on any atom is -0.478 e. The Morgan fingerprint density at radius 1 is 0.906 bits per heavy atom. The fourth-order valence-electron chi connectivity index (χ4n) is 3.99. The fraction of sp³-hybridized carbons (Fsp3) is 0.120. The molecule has 7 heteroatoms. The van der Waals surface area contributed by atoms with Gasteiger partial charge in [0, 0.05) is 11.3 Å². The third-order valence-electron chi connectivity index (χ3n) is 5.47. The maximum Gasteiger partial charge on any atom is 0.335 e. The molecule has 1 heterocycles. The van der Waals surface area contributed by atoms with E-state index in [0.717, 1.165) is 22.6 Å². The van der Waals surface area contributed by atoms with Crippen molar-refractivity contribution in [2.24, 2.45) is 0 Å². The number of ketones is 2. The quantitative estimate of drug-likeness (QED) is 0.490. The van der Waals surface area contributed by atoms with Crippen LogP contribution in [0.15, 0.2) is 72.8 Å². The van der Waals surface area contributed by atoms with Gasteiger partial charge in [0.2, 0.25) is 5.78 Å². The number of nitrogens with zero attached hydrogens (tertiary/aromatic N) is 1. The summed E-state index contributed by atoms with van der Waals surface area (Å²) in [4.78, 5) is 52.2. The molecule has 2 atom stereocenters. The molecule has 1 aliphatic rings. The van der Waals surface area contributed by atoms with Gasteiger partial charge in [0.05, 0.1) is 11.5 Å². The van der Waals surface area contributed by atoms with Crippen LogP contribution in [-0.2, 0) is 9.59 Å². The Labute approximate surface area is 182 Å². The summed E-state index contributed by atoms with van der Waals surface area (Å²) in [5.41, 5.74) is 1.52. The monoisotopic (exact) mass is 431 g/mol. The van der Waals surface area contributed by atoms with Gasteiger partial charge in [-0.05, 0) is 48.9 Å². The molecule has 0 bridgehead atoms. The molecule has 0 aromatic heterocycles. The van der Waals surface area contributed by atoms with Crippen molar-refractivity contribution < 1.29 is 28.7 Å². The van der Waals surface area contributed by atoms with E-state index in [9.17, 15) is 28.7 Å². The second-order valence-electron chi connectivity index (χ2n) is 7.60. The molecule has 0 radical (unpaired) electrons. The van der Waals surface area contributed by atoms with Crippen LogP contribution < -0.4 is 4.90 Å². The zero-order valence-corrected chi connectivity index (χ0v) is 17.0. The lowest BCUT2D eigenvalue weighted by atomic mass is 9.85. The maximum atomic E-state index is 13.6. The van der Waals surface area contributed by atoms with Gasteiger partial charge in [0.25, 0.3) is 5.91 Å². The zero-order valence-electron chi connectivity index (χ0n) is 17.0. The van der Waals surface area contributed by atoms with Crippen LogP contribution in [0.4, 0.5) is 10.1 Å². The third-order valence-corrected chi connectivity index (χ3v) is 5.47. The Hall–Kier alpha value is -4.13. The van der Waals surface area contributed by atoms with Gasteiger partial charge >= 0.3 is 5.97 Å². The SMILES string of the molecule is Cc1cccc(C2C(=O)C(=O)N(c3ccc(F)cc3)C2C(=O)c2cccc(C(=O)O)c2)c1. The van der Waals surface area contributed by atoms with Crippen LogP contribution in [-0.4, -0.2) is 34.6 Å². The zero-order chi connectivity index (χ0) is 23.0. The minimum atomic E-state index is -1.24. The molecule has 1 aliphatic heterocycles. The highest BCUT2D eigenvalue weighted by atomic mass is 19.1. The van der Waals surface area contributed by atoms with Crippen LogP contribution >= 0.6 is 0 Å². The van der Waals surface area contributed by atoms with Crippen LogP contribution in [0.1, 0.15) is 37.8 Å². The number of carboxylic acid groups (broad SMARTS) is 1. The largest absolute Gasteiger partial charge is 0.478 e. The maximum absolute atomic E-state index is 13.6. The summed E-state index contributed by atoms with van der Waals surface area (Å²) in [5.74, 6) is -5.04. The highest BCUT2D eigenvalue weighted by Gasteiger charge is 2.52. The first-order valence-corrected chi connectivity index (χ1v) is 9.85. The molecule has 1 amide bonds. The fourth-order valence-corrected chi connectivity index (χ4v) is 3.99. The lowest BCUT2D eigenvalue weighted by Crippen LogP contribution is -2.41. The van der Waals surface area contributed by atoms with E-state index in [1.54, 1.807) is 18.2 Å². The first-order chi connectivity index (χ1) is 15.3. The van der Waals surface area contributed by atoms with Crippen molar-refractivity contribution in [3.8, 4) is 0 Å². The van der Waals surface area contributed by atoms with E-state index in [1.807, 2.05) is 13.0 Å². The molecular formula is C25H18FNO5. The molecule has 6 nitrogen and oxygen atoms in total. The molecule has 1 fully saturated rings. The van der Waals surface area contributed by atoms with Crippen molar-refractivity contribution in [2.45, 2.75) is 18.9 Å². The second kappa shape index (κ2) is 8.19. The van der Waals surface area contributed by atoms with Gasteiger partial charge in [-0.25, -0.2) is 9.18 Å². The number of benzene rings is 3. The molecule has 160 valence electrons. The molecule has 0 aliphatic carbocycles. The number of aryl methyl sites for hydroxylation is 1. The summed E-state index contributed by atoms with van der Waals surface area (Å²) in [6.45, 7) is 1.83. The second-order valence-corrected chi connectivity index (χ2v) is 7.60. The van der Waals surface area contributed by atoms with Crippen LogP contribution in [0.3, 0.4) is 0 Å². The Balaban J connectivity index is 1.88. The number of carbonyl (C=O) groups is 4. The van der Waals surface area contributed by atoms with E-state index in [2.05, 4.69) is 0 Å². The van der Waals surface area contributed by atoms with Crippen molar-refractivity contribution in [1.82, 2.24) is 0 Å². The topological polar surface area (TPSA) is 91.8 Å². The number of halogens is 1. The molecule has 1 N–H and O–H groups in total. The van der Waals surface area contributed by atoms with Crippen LogP contribution in [0.2, 0.25) is 0 Å². The summed E-state index contributed by atoms with van der Waals surface area (Å²) in [6, 6.07) is 16.1. The van der Waals surface area contributed by atoms with Crippen molar-refractivity contribution in [1.29, 1.82) is 0 Å². The number of carbonyl (C=O) groups excluding carboxylic acids is 3. The predicted octanol–water partition coefficient (Wildman–Crippen LogP) is 3.78. The first kappa shape index (κ1) is 21.1. The van der Waals surface area contributed by atoms with E-state index in [-0.39, 0.29) is 16.8 Å². The van der Waals surface area contributed by atoms with Gasteiger partial charge in [0.15, 0.2) is 5.78 Å². The summed E-state index contributed by atoms with van der Waals surface area (Å²) in [6.07, 6.45) is 0. The highest BCUT2D eigenvalue weighted by Crippen LogP contribution is 2.37. The summed E-state index contributed by atoms with van der Waals surface area (Å²) < 4.78 is 13.5. The average Bonchev–Trinajstić information content (AvgIpc) is 3.04. The highest BCUT2D eigenvalue weighted by molar-refractivity contribution is 6.48. The van der Waals surface area contributed by atoms with Crippen molar-refractivity contribution >= 4 is 29.1 Å². The van der Waals surface area contributed by atoms with Gasteiger partial charge in [-0.15, -0.1) is 0 Å². The van der Waals surface area contributed by atoms with Crippen molar-refractivity contribution in [3.05, 3.63) is 101 Å². The van der Waals surface area contributed by atoms with Crippen molar-refractivity contribution in [2.75, 3.05) is 4.90 Å². The standard InChI is InChI=1S/C25H18FNO5/c1-14-4-2-5-15(12-14)20-21(22(28)16-6-3-7-17(13-16)25(31)32)27(24(30)23(20)29)19-10-8-18(26)9-11-19/h2-13,20-21H,1H3,(H,31,32). The van der Waals surface area contributed by atoms with E-state index < -0.39 is 41.2 Å². The summed E-state index contributed by atoms with van der Waals surface area (Å²) in [5, 5.41) is 9.29. The number of hydrogen-bond acceptors (Lipinski definition) is 4. The Bertz CT molecular complexity index is 1250. The molecule has 3 aromatic rings. The number of anilines is 1. The Morgan fingerprint density at radius 2 is 1.56 bits per heavy atom. The van der Waals surface area contributed by atoms with Crippen LogP contribution in [0, 0.1) is 12.7 Å². The molecular weight excluding hydrogens is 413 g/mol. The number of carboxylic acids is 1. The first-order valence-electron chi connectivity index (χ1n) is 9.85. The average molecular weight is 431 g/mol. The Kier molecular flexibility index (Phi) is 5.40. The molecule has 32 heavy (non-hydrogen) atoms. The molecule has 3 aromatic carbocycles. The van der Waals surface area contributed by atoms with Crippen LogP contribution in [0.5, 0.6) is 0 Å². The number of aromatic carboxylic acids is 1. The van der Waals surface area contributed by atoms with Gasteiger partial charge in [-0.3, -0.25) is 19.3 Å². The lowest BCUT2D eigenvalue weighted by Gasteiger charge is -2.26. The normalized spacial score (nSPS) is 18.1. The van der Waals surface area contributed by atoms with Gasteiger partial charge in [-0.2, -0.15) is 0 Å². The van der Waals surface area contributed by atoms with Crippen molar-refractivity contribution in [3.63, 3.8) is 0 Å². The van der Waals surface area contributed by atoms with Crippen LogP contribution in [0.25, 0.3) is 0 Å². The minimum absolute atomic E-state index is 0.0576. The molecule has 2 unspecified atom stereocenters. The number of hydrogen-bond donors (Lipinski definition) is 1. The van der Waals surface area contributed by atoms with Gasteiger partial charge in [-0.1, -0.05) is 42.0 Å². The van der Waals surface area contributed by atoms with E-state index in [0.29, 0.717) is 5.56 Å². The lowest BCUT2D eigenvalue weighted by molar-refractivity contribution is -0.134. The Morgan fingerprint density at radius 3 is 2.22 bits per heavy atom. The number of rotatable bonds is 5.